The van der Waals surface area contributed by atoms with E-state index < -0.39 is 7.14 Å². The minimum Gasteiger partial charge on any atom is -0.324 e. The Morgan fingerprint density at radius 1 is 1.47 bits per heavy atom. The second-order valence-corrected chi connectivity index (χ2v) is 8.36. The molecule has 1 fully saturated rings. The summed E-state index contributed by atoms with van der Waals surface area (Å²) in [7, 11) is -2.21. The van der Waals surface area contributed by atoms with E-state index in [0.29, 0.717) is 12.3 Å². The summed E-state index contributed by atoms with van der Waals surface area (Å²) in [6.45, 7) is 5.20. The maximum Gasteiger partial charge on any atom is 0.143 e. The fraction of sp³-hybridized carbons (Fsp3) is 0.750. The zero-order valence-corrected chi connectivity index (χ0v) is 10.6. The van der Waals surface area contributed by atoms with Crippen LogP contribution in [0, 0.1) is 23.7 Å². The van der Waals surface area contributed by atoms with E-state index in [1.165, 1.54) is 12.8 Å². The minimum absolute atomic E-state index is 0.0653. The molecule has 0 unspecified atom stereocenters. The maximum atomic E-state index is 11.6. The molecule has 0 aromatic rings. The van der Waals surface area contributed by atoms with E-state index in [-0.39, 0.29) is 17.9 Å². The van der Waals surface area contributed by atoms with Gasteiger partial charge < -0.3 is 4.57 Å². The molecular formula is C12H19O2P. The Kier molecular flexibility index (Phi) is 4.17. The van der Waals surface area contributed by atoms with E-state index in [4.69, 9.17) is 0 Å². The Morgan fingerprint density at radius 3 is 2.53 bits per heavy atom. The molecule has 1 rings (SSSR count). The molecule has 0 N–H and O–H groups in total. The average molecular weight is 226 g/mol. The number of ketones is 1. The van der Waals surface area contributed by atoms with Crippen molar-refractivity contribution in [2.24, 2.45) is 11.8 Å². The van der Waals surface area contributed by atoms with Gasteiger partial charge >= 0.3 is 0 Å². The third kappa shape index (κ3) is 5.80. The largest absolute Gasteiger partial charge is 0.324 e. The molecule has 1 saturated carbocycles. The smallest absolute Gasteiger partial charge is 0.143 e. The quantitative estimate of drug-likeness (QED) is 0.545. The Bertz CT molecular complexity index is 338. The Hall–Kier alpha value is -0.540. The summed E-state index contributed by atoms with van der Waals surface area (Å²) in [6.07, 6.45) is 3.28. The number of carbonyl (C=O) groups excluding carboxylic acids is 1. The molecule has 0 aliphatic heterocycles. The van der Waals surface area contributed by atoms with Crippen LogP contribution in [-0.4, -0.2) is 25.3 Å². The molecule has 84 valence electrons. The average Bonchev–Trinajstić information content (AvgIpc) is 2.84. The third-order valence-electron chi connectivity index (χ3n) is 2.38. The van der Waals surface area contributed by atoms with Crippen molar-refractivity contribution in [1.29, 1.82) is 0 Å². The fourth-order valence-electron chi connectivity index (χ4n) is 1.23. The van der Waals surface area contributed by atoms with Crippen molar-refractivity contribution in [1.82, 2.24) is 0 Å². The predicted molar refractivity (Wildman–Crippen MR) is 63.6 cm³/mol. The number of hydrogen-bond donors (Lipinski definition) is 0. The van der Waals surface area contributed by atoms with Gasteiger partial charge in [0.05, 0.1) is 13.3 Å². The molecule has 0 saturated heterocycles. The minimum atomic E-state index is -2.21. The highest BCUT2D eigenvalue weighted by Crippen LogP contribution is 2.36. The van der Waals surface area contributed by atoms with Crippen molar-refractivity contribution < 1.29 is 9.36 Å². The van der Waals surface area contributed by atoms with Gasteiger partial charge in [-0.15, -0.1) is 5.92 Å². The second kappa shape index (κ2) is 4.99. The van der Waals surface area contributed by atoms with Gasteiger partial charge in [-0.1, -0.05) is 12.8 Å². The summed E-state index contributed by atoms with van der Waals surface area (Å²) < 4.78 is 11.5. The van der Waals surface area contributed by atoms with Gasteiger partial charge in [0.25, 0.3) is 0 Å². The van der Waals surface area contributed by atoms with Crippen LogP contribution in [0.25, 0.3) is 0 Å². The number of Topliss-reactive ketones (excluding diaryl/α,β-unsaturated/α-hetero) is 1. The summed E-state index contributed by atoms with van der Waals surface area (Å²) in [6, 6.07) is 0. The van der Waals surface area contributed by atoms with Crippen LogP contribution in [0.2, 0.25) is 0 Å². The molecule has 0 heterocycles. The van der Waals surface area contributed by atoms with Gasteiger partial charge in [0.2, 0.25) is 0 Å². The van der Waals surface area contributed by atoms with Gasteiger partial charge in [0.1, 0.15) is 5.78 Å². The van der Waals surface area contributed by atoms with Crippen molar-refractivity contribution in [3.8, 4) is 11.8 Å². The zero-order valence-electron chi connectivity index (χ0n) is 9.75. The maximum absolute atomic E-state index is 11.6. The van der Waals surface area contributed by atoms with Gasteiger partial charge in [-0.25, -0.2) is 0 Å². The molecule has 1 aliphatic rings. The first kappa shape index (κ1) is 12.5. The summed E-state index contributed by atoms with van der Waals surface area (Å²) >= 11 is 0. The molecule has 0 bridgehead atoms. The van der Waals surface area contributed by atoms with Gasteiger partial charge in [-0.3, -0.25) is 4.79 Å². The molecule has 1 atom stereocenters. The van der Waals surface area contributed by atoms with Crippen molar-refractivity contribution in [2.45, 2.75) is 26.2 Å². The van der Waals surface area contributed by atoms with Crippen molar-refractivity contribution in [2.75, 3.05) is 19.5 Å². The second-order valence-electron chi connectivity index (χ2n) is 4.90. The van der Waals surface area contributed by atoms with Gasteiger partial charge in [-0.2, -0.15) is 0 Å². The molecule has 1 aliphatic carbocycles. The molecule has 15 heavy (non-hydrogen) atoms. The number of rotatable bonds is 4. The van der Waals surface area contributed by atoms with E-state index in [9.17, 15) is 9.36 Å². The van der Waals surface area contributed by atoms with Crippen LogP contribution in [0.4, 0.5) is 0 Å². The van der Waals surface area contributed by atoms with E-state index in [0.717, 1.165) is 0 Å². The van der Waals surface area contributed by atoms with Crippen LogP contribution in [0.15, 0.2) is 0 Å². The summed E-state index contributed by atoms with van der Waals surface area (Å²) in [5, 5.41) is 0. The number of hydrogen-bond acceptors (Lipinski definition) is 2. The first-order valence-electron chi connectivity index (χ1n) is 5.43. The molecule has 0 aromatic carbocycles. The SMILES string of the molecule is C[C@@H](CC#CC1CC1)C(=O)CP(C)(C)=O. The predicted octanol–water partition coefficient (Wildman–Crippen LogP) is 2.62. The van der Waals surface area contributed by atoms with Crippen molar-refractivity contribution in [3.63, 3.8) is 0 Å². The monoisotopic (exact) mass is 226 g/mol. The lowest BCUT2D eigenvalue weighted by atomic mass is 10.0. The van der Waals surface area contributed by atoms with Crippen LogP contribution in [-0.2, 0) is 9.36 Å². The molecule has 2 nitrogen and oxygen atoms in total. The Labute approximate surface area is 92.2 Å². The molecule has 0 radical (unpaired) electrons. The van der Waals surface area contributed by atoms with E-state index in [1.807, 2.05) is 6.92 Å². The highest BCUT2D eigenvalue weighted by molar-refractivity contribution is 7.63. The standard InChI is InChI=1S/C12H19O2P/c1-10(5-4-6-11-7-8-11)12(13)9-15(2,3)14/h10-11H,5,7-9H2,1-3H3/t10-/m0/s1. The lowest BCUT2D eigenvalue weighted by Gasteiger charge is -2.09. The topological polar surface area (TPSA) is 34.1 Å². The fourth-order valence-corrected chi connectivity index (χ4v) is 2.29. The molecule has 0 aromatic heterocycles. The Balaban J connectivity index is 2.33. The van der Waals surface area contributed by atoms with Crippen molar-refractivity contribution in [3.05, 3.63) is 0 Å². The molecule has 0 spiro atoms. The lowest BCUT2D eigenvalue weighted by Crippen LogP contribution is -2.14. The third-order valence-corrected chi connectivity index (χ3v) is 3.45. The van der Waals surface area contributed by atoms with Crippen LogP contribution in [0.3, 0.4) is 0 Å². The highest BCUT2D eigenvalue weighted by Gasteiger charge is 2.20. The van der Waals surface area contributed by atoms with Crippen molar-refractivity contribution >= 4 is 12.9 Å². The first-order chi connectivity index (χ1) is 6.88. The van der Waals surface area contributed by atoms with Crippen LogP contribution < -0.4 is 0 Å². The number of carbonyl (C=O) groups is 1. The summed E-state index contributed by atoms with van der Waals surface area (Å²) in [5.41, 5.74) is 0. The normalized spacial score (nSPS) is 17.8. The lowest BCUT2D eigenvalue weighted by molar-refractivity contribution is -0.119. The van der Waals surface area contributed by atoms with Gasteiger partial charge in [0, 0.05) is 18.3 Å². The van der Waals surface area contributed by atoms with E-state index in [1.54, 1.807) is 13.3 Å². The zero-order chi connectivity index (χ0) is 11.5. The Morgan fingerprint density at radius 2 is 2.07 bits per heavy atom. The van der Waals surface area contributed by atoms with E-state index in [2.05, 4.69) is 11.8 Å². The molecule has 3 heteroatoms. The van der Waals surface area contributed by atoms with E-state index >= 15 is 0 Å². The van der Waals surface area contributed by atoms with Gasteiger partial charge in [-0.05, 0) is 26.2 Å². The highest BCUT2D eigenvalue weighted by atomic mass is 31.2. The summed E-state index contributed by atoms with van der Waals surface area (Å²) in [4.78, 5) is 11.6. The van der Waals surface area contributed by atoms with Crippen LogP contribution >= 0.6 is 7.14 Å². The summed E-state index contributed by atoms with van der Waals surface area (Å²) in [5.74, 6) is 6.81. The first-order valence-corrected chi connectivity index (χ1v) is 8.22. The van der Waals surface area contributed by atoms with Crippen LogP contribution in [0.1, 0.15) is 26.2 Å². The van der Waals surface area contributed by atoms with Crippen LogP contribution in [0.5, 0.6) is 0 Å². The molecule has 0 amide bonds. The van der Waals surface area contributed by atoms with Gasteiger partial charge in [0.15, 0.2) is 0 Å². The molecular weight excluding hydrogens is 207 g/mol.